The zero-order valence-corrected chi connectivity index (χ0v) is 11.9. The third kappa shape index (κ3) is 2.38. The Labute approximate surface area is 121 Å². The molecule has 1 atom stereocenters. The van der Waals surface area contributed by atoms with Crippen molar-refractivity contribution in [2.75, 3.05) is 4.90 Å². The topological polar surface area (TPSA) is 41.9 Å². The fraction of sp³-hybridized carbons (Fsp3) is 0.308. The third-order valence-corrected chi connectivity index (χ3v) is 3.65. The normalized spacial score (nSPS) is 18.3. The summed E-state index contributed by atoms with van der Waals surface area (Å²) >= 11 is 11.7. The number of rotatable bonds is 1. The molecule has 2 heterocycles. The highest BCUT2D eigenvalue weighted by atomic mass is 35.5. The minimum Gasteiger partial charge on any atom is -0.307 e. The van der Waals surface area contributed by atoms with Crippen LogP contribution in [0.1, 0.15) is 18.9 Å². The molecule has 0 N–H and O–H groups in total. The van der Waals surface area contributed by atoms with E-state index < -0.39 is 0 Å². The van der Waals surface area contributed by atoms with Crippen molar-refractivity contribution in [1.29, 1.82) is 0 Å². The van der Waals surface area contributed by atoms with Gasteiger partial charge in [-0.3, -0.25) is 0 Å². The maximum atomic E-state index is 5.87. The molecule has 0 bridgehead atoms. The van der Waals surface area contributed by atoms with Crippen LogP contribution in [0.3, 0.4) is 0 Å². The number of benzene rings is 1. The number of hydrogen-bond acceptors (Lipinski definition) is 4. The molecule has 1 aromatic heterocycles. The molecule has 19 heavy (non-hydrogen) atoms. The number of anilines is 2. The van der Waals surface area contributed by atoms with Crippen LogP contribution in [-0.2, 0) is 6.42 Å². The Morgan fingerprint density at radius 3 is 2.53 bits per heavy atom. The molecular weight excluding hydrogens is 283 g/mol. The number of aromatic nitrogens is 3. The third-order valence-electron chi connectivity index (χ3n) is 3.31. The van der Waals surface area contributed by atoms with Gasteiger partial charge in [0.05, 0.1) is 0 Å². The summed E-state index contributed by atoms with van der Waals surface area (Å²) in [6.45, 7) is 2.14. The van der Waals surface area contributed by atoms with Crippen molar-refractivity contribution in [2.24, 2.45) is 0 Å². The van der Waals surface area contributed by atoms with Gasteiger partial charge in [0, 0.05) is 11.7 Å². The molecule has 0 spiro atoms. The number of nitrogens with zero attached hydrogens (tertiary/aromatic N) is 4. The van der Waals surface area contributed by atoms with Gasteiger partial charge in [0.15, 0.2) is 0 Å². The summed E-state index contributed by atoms with van der Waals surface area (Å²) < 4.78 is 0. The largest absolute Gasteiger partial charge is 0.307 e. The molecule has 2 aromatic rings. The van der Waals surface area contributed by atoms with Gasteiger partial charge in [-0.15, -0.1) is 0 Å². The number of hydrogen-bond donors (Lipinski definition) is 0. The molecule has 1 aliphatic rings. The summed E-state index contributed by atoms with van der Waals surface area (Å²) in [5, 5.41) is 0.232. The van der Waals surface area contributed by atoms with Crippen molar-refractivity contribution in [3.8, 4) is 0 Å². The van der Waals surface area contributed by atoms with Crippen LogP contribution in [0.2, 0.25) is 10.6 Å². The molecule has 0 fully saturated rings. The smallest absolute Gasteiger partial charge is 0.235 e. The lowest BCUT2D eigenvalue weighted by Gasteiger charge is -2.35. The Bertz CT molecular complexity index is 597. The molecule has 6 heteroatoms. The lowest BCUT2D eigenvalue weighted by atomic mass is 9.97. The highest BCUT2D eigenvalue weighted by molar-refractivity contribution is 6.31. The van der Waals surface area contributed by atoms with E-state index in [-0.39, 0.29) is 10.6 Å². The quantitative estimate of drug-likeness (QED) is 0.805. The van der Waals surface area contributed by atoms with Crippen LogP contribution in [0.15, 0.2) is 24.3 Å². The van der Waals surface area contributed by atoms with E-state index in [1.54, 1.807) is 0 Å². The molecule has 4 nitrogen and oxygen atoms in total. The van der Waals surface area contributed by atoms with E-state index in [9.17, 15) is 0 Å². The maximum Gasteiger partial charge on any atom is 0.235 e. The predicted octanol–water partition coefficient (Wildman–Crippen LogP) is 3.65. The van der Waals surface area contributed by atoms with Crippen molar-refractivity contribution >= 4 is 34.8 Å². The second-order valence-electron chi connectivity index (χ2n) is 4.56. The van der Waals surface area contributed by atoms with Crippen LogP contribution in [0.5, 0.6) is 0 Å². The first-order chi connectivity index (χ1) is 9.15. The number of aryl methyl sites for hydroxylation is 1. The van der Waals surface area contributed by atoms with Gasteiger partial charge in [-0.2, -0.15) is 15.0 Å². The number of para-hydroxylation sites is 1. The van der Waals surface area contributed by atoms with Crippen molar-refractivity contribution in [2.45, 2.75) is 25.8 Å². The van der Waals surface area contributed by atoms with Gasteiger partial charge in [0.1, 0.15) is 0 Å². The van der Waals surface area contributed by atoms with E-state index in [1.807, 2.05) is 12.1 Å². The van der Waals surface area contributed by atoms with Crippen LogP contribution in [0.25, 0.3) is 0 Å². The van der Waals surface area contributed by atoms with Gasteiger partial charge in [-0.1, -0.05) is 18.2 Å². The molecule has 0 aliphatic carbocycles. The van der Waals surface area contributed by atoms with Crippen molar-refractivity contribution < 1.29 is 0 Å². The molecule has 3 rings (SSSR count). The monoisotopic (exact) mass is 294 g/mol. The Balaban J connectivity index is 2.13. The zero-order valence-electron chi connectivity index (χ0n) is 10.3. The molecule has 1 unspecified atom stereocenters. The summed E-state index contributed by atoms with van der Waals surface area (Å²) in [7, 11) is 0. The molecule has 0 radical (unpaired) electrons. The fourth-order valence-electron chi connectivity index (χ4n) is 2.42. The first-order valence-electron chi connectivity index (χ1n) is 6.09. The van der Waals surface area contributed by atoms with E-state index in [4.69, 9.17) is 23.2 Å². The molecule has 0 saturated heterocycles. The van der Waals surface area contributed by atoms with Crippen LogP contribution >= 0.6 is 23.2 Å². The number of fused-ring (bicyclic) bond motifs is 1. The fourth-order valence-corrected chi connectivity index (χ4v) is 2.77. The van der Waals surface area contributed by atoms with Crippen LogP contribution in [-0.4, -0.2) is 21.0 Å². The molecule has 1 aliphatic heterocycles. The summed E-state index contributed by atoms with van der Waals surface area (Å²) in [4.78, 5) is 14.2. The molecule has 0 amide bonds. The van der Waals surface area contributed by atoms with E-state index in [0.717, 1.165) is 18.5 Å². The first-order valence-corrected chi connectivity index (χ1v) is 6.85. The Morgan fingerprint density at radius 1 is 1.11 bits per heavy atom. The zero-order chi connectivity index (χ0) is 13.4. The van der Waals surface area contributed by atoms with E-state index in [2.05, 4.69) is 38.9 Å². The molecule has 0 saturated carbocycles. The second kappa shape index (κ2) is 4.94. The Hall–Kier alpha value is -1.39. The summed E-state index contributed by atoms with van der Waals surface area (Å²) in [5.41, 5.74) is 2.40. The predicted molar refractivity (Wildman–Crippen MR) is 76.2 cm³/mol. The van der Waals surface area contributed by atoms with Crippen LogP contribution < -0.4 is 4.90 Å². The highest BCUT2D eigenvalue weighted by Crippen LogP contribution is 2.35. The summed E-state index contributed by atoms with van der Waals surface area (Å²) in [6, 6.07) is 8.54. The first kappa shape index (κ1) is 12.6. The molecule has 98 valence electrons. The number of halogens is 2. The van der Waals surface area contributed by atoms with Gasteiger partial charge in [0.2, 0.25) is 16.5 Å². The van der Waals surface area contributed by atoms with Gasteiger partial charge in [-0.25, -0.2) is 0 Å². The summed E-state index contributed by atoms with van der Waals surface area (Å²) in [6.07, 6.45) is 2.10. The van der Waals surface area contributed by atoms with Gasteiger partial charge >= 0.3 is 0 Å². The minimum atomic E-state index is 0.116. The Morgan fingerprint density at radius 2 is 1.79 bits per heavy atom. The van der Waals surface area contributed by atoms with E-state index >= 15 is 0 Å². The second-order valence-corrected chi connectivity index (χ2v) is 5.24. The van der Waals surface area contributed by atoms with Gasteiger partial charge < -0.3 is 4.90 Å². The van der Waals surface area contributed by atoms with Gasteiger partial charge in [-0.05, 0) is 54.6 Å². The van der Waals surface area contributed by atoms with Crippen molar-refractivity contribution in [1.82, 2.24) is 15.0 Å². The van der Waals surface area contributed by atoms with E-state index in [0.29, 0.717) is 12.0 Å². The Kier molecular flexibility index (Phi) is 3.29. The van der Waals surface area contributed by atoms with Crippen molar-refractivity contribution in [3.63, 3.8) is 0 Å². The average molecular weight is 295 g/mol. The average Bonchev–Trinajstić information content (AvgIpc) is 2.37. The summed E-state index contributed by atoms with van der Waals surface area (Å²) in [5.74, 6) is 0.504. The SMILES string of the molecule is CC1CCc2ccccc2N1c1nc(Cl)nc(Cl)n1. The van der Waals surface area contributed by atoms with Gasteiger partial charge in [0.25, 0.3) is 0 Å². The highest BCUT2D eigenvalue weighted by Gasteiger charge is 2.26. The molecule has 1 aromatic carbocycles. The lowest BCUT2D eigenvalue weighted by Crippen LogP contribution is -2.34. The van der Waals surface area contributed by atoms with Crippen LogP contribution in [0.4, 0.5) is 11.6 Å². The standard InChI is InChI=1S/C13H12Cl2N4/c1-8-6-7-9-4-2-3-5-10(9)19(8)13-17-11(14)16-12(15)18-13/h2-5,8H,6-7H2,1H3. The van der Waals surface area contributed by atoms with Crippen LogP contribution in [0, 0.1) is 0 Å². The maximum absolute atomic E-state index is 5.87. The lowest BCUT2D eigenvalue weighted by molar-refractivity contribution is 0.606. The van der Waals surface area contributed by atoms with E-state index in [1.165, 1.54) is 5.56 Å². The minimum absolute atomic E-state index is 0.116. The van der Waals surface area contributed by atoms with Crippen molar-refractivity contribution in [3.05, 3.63) is 40.4 Å². The molecular formula is C13H12Cl2N4.